The minimum absolute atomic E-state index is 0.0144. The van der Waals surface area contributed by atoms with Gasteiger partial charge < -0.3 is 45.1 Å². The van der Waals surface area contributed by atoms with Gasteiger partial charge in [-0.2, -0.15) is 0 Å². The van der Waals surface area contributed by atoms with E-state index in [9.17, 15) is 34.8 Å². The second kappa shape index (κ2) is 12.9. The number of nitrogens with one attached hydrogen (secondary N) is 2. The highest BCUT2D eigenvalue weighted by Gasteiger charge is 2.15. The summed E-state index contributed by atoms with van der Waals surface area (Å²) >= 11 is 0. The Kier molecular flexibility index (Phi) is 10.0. The fraction of sp³-hybridized carbons (Fsp3) is 0.240. The third kappa shape index (κ3) is 8.61. The molecule has 0 aliphatic rings. The smallest absolute Gasteiger partial charge is 0.248 e. The van der Waals surface area contributed by atoms with Gasteiger partial charge in [0.25, 0.3) is 0 Å². The van der Waals surface area contributed by atoms with Crippen LogP contribution in [0.25, 0.3) is 10.9 Å². The molecule has 186 valence electrons. The summed E-state index contributed by atoms with van der Waals surface area (Å²) in [6.45, 7) is 2.42. The molecule has 0 amide bonds. The number of fused-ring (bicyclic) bond motifs is 1. The normalized spacial score (nSPS) is 12.5. The van der Waals surface area contributed by atoms with Crippen molar-refractivity contribution in [3.8, 4) is 11.5 Å². The summed E-state index contributed by atoms with van der Waals surface area (Å²) in [5.74, 6) is -2.28. The van der Waals surface area contributed by atoms with Crippen molar-refractivity contribution in [1.29, 1.82) is 0 Å². The number of pyridine rings is 1. The highest BCUT2D eigenvalue weighted by Crippen LogP contribution is 2.28. The molecule has 0 saturated heterocycles. The van der Waals surface area contributed by atoms with Crippen LogP contribution in [0.5, 0.6) is 11.5 Å². The Hall–Kier alpha value is -4.15. The van der Waals surface area contributed by atoms with Gasteiger partial charge in [-0.05, 0) is 60.9 Å². The number of rotatable bonds is 9. The lowest BCUT2D eigenvalue weighted by Gasteiger charge is -2.19. The van der Waals surface area contributed by atoms with Gasteiger partial charge in [0.2, 0.25) is 5.56 Å². The Labute approximate surface area is 201 Å². The average molecular weight is 482 g/mol. The summed E-state index contributed by atoms with van der Waals surface area (Å²) in [6, 6.07) is 14.2. The van der Waals surface area contributed by atoms with Gasteiger partial charge in [0.05, 0.1) is 30.7 Å². The number of aromatic amines is 1. The fourth-order valence-electron chi connectivity index (χ4n) is 3.30. The van der Waals surface area contributed by atoms with Crippen molar-refractivity contribution in [2.45, 2.75) is 25.5 Å². The van der Waals surface area contributed by atoms with Gasteiger partial charge in [-0.1, -0.05) is 18.2 Å². The molecule has 35 heavy (non-hydrogen) atoms. The molecule has 0 bridgehead atoms. The largest absolute Gasteiger partial charge is 0.545 e. The fourth-order valence-corrected chi connectivity index (χ4v) is 3.30. The molecular weight excluding hydrogens is 456 g/mol. The van der Waals surface area contributed by atoms with Crippen LogP contribution < -0.4 is 25.8 Å². The van der Waals surface area contributed by atoms with Crippen molar-refractivity contribution in [3.63, 3.8) is 0 Å². The molecule has 0 unspecified atom stereocenters. The van der Waals surface area contributed by atoms with Gasteiger partial charge in [0.15, 0.2) is 0 Å². The maximum Gasteiger partial charge on any atom is 0.248 e. The van der Waals surface area contributed by atoms with Crippen LogP contribution in [0.1, 0.15) is 24.2 Å². The standard InChI is InChI=1S/C21H24N2O4.C4H4O4/c1-13(11-14-3-5-15(27-2)6-4-14)22-12-19(25)16-7-9-18(24)21-17(16)8-10-20(26)23-21;5-3(6)1-2-4(7)8/h3-10,13,19,22,24-25H,11-12H2,1-2H3,(H,23,26);1-2H,(H,5,6)(H,7,8)/p-2/b;2-1+/t13-,19+;/m1./s1. The number of aliphatic carboxylic acids is 2. The zero-order chi connectivity index (χ0) is 26.0. The lowest BCUT2D eigenvalue weighted by atomic mass is 10.0. The molecule has 4 N–H and O–H groups in total. The number of aliphatic hydroxyl groups excluding tert-OH is 1. The summed E-state index contributed by atoms with van der Waals surface area (Å²) in [7, 11) is 1.64. The number of aliphatic hydroxyl groups is 1. The maximum absolute atomic E-state index is 11.5. The number of ether oxygens (including phenoxy) is 1. The number of phenols is 1. The van der Waals surface area contributed by atoms with Crippen molar-refractivity contribution in [2.24, 2.45) is 0 Å². The Morgan fingerprint density at radius 2 is 1.69 bits per heavy atom. The van der Waals surface area contributed by atoms with Crippen LogP contribution in [0.2, 0.25) is 0 Å². The van der Waals surface area contributed by atoms with E-state index in [1.807, 2.05) is 24.3 Å². The SMILES string of the molecule is COc1ccc(C[C@@H](C)NC[C@H](O)c2ccc(O)c3[nH]c(=O)ccc23)cc1.O=C([O-])/C=C/C(=O)[O-]. The van der Waals surface area contributed by atoms with Gasteiger partial charge in [-0.3, -0.25) is 4.79 Å². The number of hydrogen-bond donors (Lipinski definition) is 4. The molecule has 0 spiro atoms. The summed E-state index contributed by atoms with van der Waals surface area (Å²) < 4.78 is 5.16. The van der Waals surface area contributed by atoms with Gasteiger partial charge >= 0.3 is 0 Å². The lowest BCUT2D eigenvalue weighted by molar-refractivity contribution is -0.301. The summed E-state index contributed by atoms with van der Waals surface area (Å²) in [6.07, 6.45) is 0.822. The zero-order valence-corrected chi connectivity index (χ0v) is 19.2. The predicted octanol–water partition coefficient (Wildman–Crippen LogP) is -0.461. The van der Waals surface area contributed by atoms with E-state index in [-0.39, 0.29) is 17.4 Å². The van der Waals surface area contributed by atoms with Crippen LogP contribution in [0.4, 0.5) is 0 Å². The van der Waals surface area contributed by atoms with E-state index in [1.165, 1.54) is 17.7 Å². The van der Waals surface area contributed by atoms with Gasteiger partial charge in [-0.25, -0.2) is 0 Å². The number of carbonyl (C=O) groups is 2. The van der Waals surface area contributed by atoms with E-state index < -0.39 is 18.0 Å². The number of phenolic OH excluding ortho intramolecular Hbond substituents is 1. The second-order valence-corrected chi connectivity index (χ2v) is 7.63. The number of aromatic hydroxyl groups is 1. The van der Waals surface area contributed by atoms with Gasteiger partial charge in [0, 0.05) is 24.0 Å². The summed E-state index contributed by atoms with van der Waals surface area (Å²) in [5.41, 5.74) is 1.88. The van der Waals surface area contributed by atoms with E-state index in [1.54, 1.807) is 19.2 Å². The van der Waals surface area contributed by atoms with E-state index >= 15 is 0 Å². The van der Waals surface area contributed by atoms with Crippen LogP contribution in [0.3, 0.4) is 0 Å². The number of aromatic nitrogens is 1. The zero-order valence-electron chi connectivity index (χ0n) is 19.2. The van der Waals surface area contributed by atoms with Crippen LogP contribution in [0, 0.1) is 0 Å². The molecule has 1 aromatic heterocycles. The molecule has 3 aromatic rings. The first-order valence-corrected chi connectivity index (χ1v) is 10.6. The van der Waals surface area contributed by atoms with Crippen molar-refractivity contribution in [3.05, 3.63) is 82.2 Å². The number of carbonyl (C=O) groups excluding carboxylic acids is 2. The number of hydrogen-bond acceptors (Lipinski definition) is 9. The van der Waals surface area contributed by atoms with Gasteiger partial charge in [-0.15, -0.1) is 0 Å². The second-order valence-electron chi connectivity index (χ2n) is 7.63. The molecule has 0 aliphatic carbocycles. The molecule has 10 nitrogen and oxygen atoms in total. The van der Waals surface area contributed by atoms with E-state index in [0.717, 1.165) is 12.2 Å². The van der Waals surface area contributed by atoms with Crippen molar-refractivity contribution < 1.29 is 34.8 Å². The number of carboxylic acid groups (broad SMARTS) is 2. The molecule has 2 aromatic carbocycles. The predicted molar refractivity (Wildman–Crippen MR) is 125 cm³/mol. The van der Waals surface area contributed by atoms with Crippen LogP contribution >= 0.6 is 0 Å². The summed E-state index contributed by atoms with van der Waals surface area (Å²) in [5, 5.41) is 43.3. The number of H-pyrrole nitrogens is 1. The van der Waals surface area contributed by atoms with E-state index in [0.29, 0.717) is 35.2 Å². The minimum Gasteiger partial charge on any atom is -0.545 e. The molecular formula is C25H26N2O8-2. The summed E-state index contributed by atoms with van der Waals surface area (Å²) in [4.78, 5) is 32.9. The molecule has 2 atom stereocenters. The molecule has 0 fully saturated rings. The first-order chi connectivity index (χ1) is 16.6. The highest BCUT2D eigenvalue weighted by atomic mass is 16.5. The third-order valence-corrected chi connectivity index (χ3v) is 4.98. The Morgan fingerprint density at radius 1 is 1.06 bits per heavy atom. The molecule has 0 radical (unpaired) electrons. The number of carboxylic acids is 2. The lowest BCUT2D eigenvalue weighted by Crippen LogP contribution is -2.32. The average Bonchev–Trinajstić information content (AvgIpc) is 2.82. The quantitative estimate of drug-likeness (QED) is 0.294. The van der Waals surface area contributed by atoms with E-state index in [4.69, 9.17) is 4.74 Å². The van der Waals surface area contributed by atoms with Crippen molar-refractivity contribution >= 4 is 22.8 Å². The minimum atomic E-state index is -1.55. The monoisotopic (exact) mass is 482 g/mol. The van der Waals surface area contributed by atoms with Crippen molar-refractivity contribution in [2.75, 3.05) is 13.7 Å². The first kappa shape index (κ1) is 27.1. The molecule has 10 heteroatoms. The topological polar surface area (TPSA) is 175 Å². The van der Waals surface area contributed by atoms with Crippen LogP contribution in [-0.2, 0) is 16.0 Å². The molecule has 1 heterocycles. The van der Waals surface area contributed by atoms with E-state index in [2.05, 4.69) is 17.2 Å². The Balaban J connectivity index is 0.000000466. The van der Waals surface area contributed by atoms with Crippen LogP contribution in [-0.4, -0.2) is 46.8 Å². The van der Waals surface area contributed by atoms with Gasteiger partial charge in [0.1, 0.15) is 11.5 Å². The highest BCUT2D eigenvalue weighted by molar-refractivity contribution is 5.88. The number of methoxy groups -OCH3 is 1. The van der Waals surface area contributed by atoms with Crippen LogP contribution in [0.15, 0.2) is 65.5 Å². The Bertz CT molecular complexity index is 1220. The molecule has 3 rings (SSSR count). The first-order valence-electron chi connectivity index (χ1n) is 10.6. The van der Waals surface area contributed by atoms with Crippen molar-refractivity contribution in [1.82, 2.24) is 10.3 Å². The third-order valence-electron chi connectivity index (χ3n) is 4.98. The Morgan fingerprint density at radius 3 is 2.26 bits per heavy atom. The molecule has 0 saturated carbocycles. The number of benzene rings is 2. The maximum atomic E-state index is 11.5. The molecule has 0 aliphatic heterocycles.